The molecular weight excluding hydrogens is 464 g/mol. The Balaban J connectivity index is 1.84. The number of hydrogen-bond acceptors (Lipinski definition) is 3. The van der Waals surface area contributed by atoms with Crippen molar-refractivity contribution in [3.05, 3.63) is 57.5 Å². The summed E-state index contributed by atoms with van der Waals surface area (Å²) in [6, 6.07) is 16.2. The maximum Gasteiger partial charge on any atom is 0.105 e. The topological polar surface area (TPSA) is 17.1 Å². The molecule has 110 valence electrons. The lowest BCUT2D eigenvalue weighted by Crippen LogP contribution is -1.84. The van der Waals surface area contributed by atoms with Crippen LogP contribution in [0.4, 0.5) is 0 Å². The van der Waals surface area contributed by atoms with Crippen LogP contribution in [-0.2, 0) is 10.8 Å². The highest BCUT2D eigenvalue weighted by atomic mass is 79.9. The van der Waals surface area contributed by atoms with E-state index in [1.165, 1.54) is 0 Å². The number of hydrogen-bond donors (Lipinski definition) is 0. The fourth-order valence-electron chi connectivity index (χ4n) is 2.29. The lowest BCUT2D eigenvalue weighted by molar-refractivity contribution is 0.686. The summed E-state index contributed by atoms with van der Waals surface area (Å²) in [6.45, 7) is 0. The molecule has 0 spiro atoms. The molecule has 0 aliphatic carbocycles. The molecule has 0 amide bonds. The Hall–Kier alpha value is -0.530. The minimum Gasteiger partial charge on any atom is -0.247 e. The van der Waals surface area contributed by atoms with Crippen molar-refractivity contribution in [2.24, 2.45) is 0 Å². The highest BCUT2D eigenvalue weighted by Gasteiger charge is 2.15. The van der Waals surface area contributed by atoms with Crippen molar-refractivity contribution in [2.45, 2.75) is 8.42 Å². The molecule has 2 heterocycles. The Morgan fingerprint density at radius 1 is 0.773 bits per heavy atom. The van der Waals surface area contributed by atoms with Crippen LogP contribution in [-0.4, -0.2) is 4.21 Å². The van der Waals surface area contributed by atoms with Crippen LogP contribution in [0.3, 0.4) is 0 Å². The van der Waals surface area contributed by atoms with E-state index in [-0.39, 0.29) is 0 Å². The van der Waals surface area contributed by atoms with Crippen LogP contribution >= 0.6 is 54.5 Å². The SMILES string of the molecule is O=S(c1cc2c(Br)cccc2s1)c1cc2c(Br)cccc2s1. The zero-order chi connectivity index (χ0) is 15.3. The molecule has 0 N–H and O–H groups in total. The van der Waals surface area contributed by atoms with Gasteiger partial charge in [-0.2, -0.15) is 0 Å². The number of fused-ring (bicyclic) bond motifs is 2. The smallest absolute Gasteiger partial charge is 0.105 e. The third-order valence-electron chi connectivity index (χ3n) is 3.34. The van der Waals surface area contributed by atoms with Gasteiger partial charge in [0, 0.05) is 29.1 Å². The van der Waals surface area contributed by atoms with Gasteiger partial charge in [-0.15, -0.1) is 22.7 Å². The molecule has 0 unspecified atom stereocenters. The Kier molecular flexibility index (Phi) is 3.98. The summed E-state index contributed by atoms with van der Waals surface area (Å²) in [5.41, 5.74) is 0. The zero-order valence-corrected chi connectivity index (χ0v) is 16.6. The number of rotatable bonds is 2. The summed E-state index contributed by atoms with van der Waals surface area (Å²) in [7, 11) is -1.13. The lowest BCUT2D eigenvalue weighted by Gasteiger charge is -1.92. The van der Waals surface area contributed by atoms with Crippen molar-refractivity contribution >= 4 is 85.5 Å². The second-order valence-corrected chi connectivity index (χ2v) is 10.5. The molecule has 0 bridgehead atoms. The number of thiophene rings is 2. The van der Waals surface area contributed by atoms with Gasteiger partial charge in [0.15, 0.2) is 0 Å². The molecule has 2 aromatic carbocycles. The second kappa shape index (κ2) is 5.83. The first-order valence-electron chi connectivity index (χ1n) is 6.41. The van der Waals surface area contributed by atoms with E-state index in [4.69, 9.17) is 0 Å². The number of benzene rings is 2. The monoisotopic (exact) mass is 470 g/mol. The van der Waals surface area contributed by atoms with Crippen molar-refractivity contribution in [1.29, 1.82) is 0 Å². The Morgan fingerprint density at radius 3 is 1.64 bits per heavy atom. The van der Waals surface area contributed by atoms with Gasteiger partial charge in [0.1, 0.15) is 10.8 Å². The lowest BCUT2D eigenvalue weighted by atomic mass is 10.3. The highest BCUT2D eigenvalue weighted by molar-refractivity contribution is 9.11. The van der Waals surface area contributed by atoms with E-state index in [9.17, 15) is 4.21 Å². The summed E-state index contributed by atoms with van der Waals surface area (Å²) >= 11 is 10.3. The second-order valence-electron chi connectivity index (χ2n) is 4.70. The first-order valence-corrected chi connectivity index (χ1v) is 10.8. The first-order chi connectivity index (χ1) is 10.6. The van der Waals surface area contributed by atoms with Crippen LogP contribution < -0.4 is 0 Å². The van der Waals surface area contributed by atoms with Gasteiger partial charge < -0.3 is 0 Å². The minimum atomic E-state index is -1.13. The van der Waals surface area contributed by atoms with Gasteiger partial charge in [0.05, 0.1) is 8.42 Å². The van der Waals surface area contributed by atoms with Gasteiger partial charge in [-0.1, -0.05) is 44.0 Å². The molecule has 1 nitrogen and oxygen atoms in total. The van der Waals surface area contributed by atoms with E-state index in [0.29, 0.717) is 0 Å². The van der Waals surface area contributed by atoms with Crippen molar-refractivity contribution in [3.8, 4) is 0 Å². The predicted molar refractivity (Wildman–Crippen MR) is 104 cm³/mol. The van der Waals surface area contributed by atoms with Crippen molar-refractivity contribution in [3.63, 3.8) is 0 Å². The van der Waals surface area contributed by atoms with Gasteiger partial charge in [-0.05, 0) is 36.4 Å². The average Bonchev–Trinajstić information content (AvgIpc) is 3.11. The third kappa shape index (κ3) is 2.51. The van der Waals surface area contributed by atoms with Crippen molar-refractivity contribution < 1.29 is 4.21 Å². The molecule has 22 heavy (non-hydrogen) atoms. The molecule has 4 rings (SSSR count). The van der Waals surface area contributed by atoms with E-state index in [2.05, 4.69) is 44.0 Å². The fraction of sp³-hybridized carbons (Fsp3) is 0. The normalized spacial score (nSPS) is 11.8. The fourth-order valence-corrected chi connectivity index (χ4v) is 7.64. The van der Waals surface area contributed by atoms with Gasteiger partial charge in [0.25, 0.3) is 0 Å². The molecule has 0 fully saturated rings. The van der Waals surface area contributed by atoms with Crippen LogP contribution in [0.5, 0.6) is 0 Å². The zero-order valence-electron chi connectivity index (χ0n) is 11.0. The molecule has 4 aromatic rings. The van der Waals surface area contributed by atoms with Gasteiger partial charge in [-0.25, -0.2) is 4.21 Å². The Labute approximate surface area is 154 Å². The third-order valence-corrected chi connectivity index (χ3v) is 8.88. The summed E-state index contributed by atoms with van der Waals surface area (Å²) in [6.07, 6.45) is 0. The highest BCUT2D eigenvalue weighted by Crippen LogP contribution is 2.38. The summed E-state index contributed by atoms with van der Waals surface area (Å²) in [4.78, 5) is 0. The van der Waals surface area contributed by atoms with Crippen LogP contribution in [0.25, 0.3) is 20.2 Å². The van der Waals surface area contributed by atoms with E-state index in [1.54, 1.807) is 22.7 Å². The Morgan fingerprint density at radius 2 is 1.23 bits per heavy atom. The van der Waals surface area contributed by atoms with E-state index in [1.807, 2.05) is 36.4 Å². The molecule has 0 aliphatic rings. The standard InChI is InChI=1S/C16H8Br2OS3/c17-11-3-1-5-13-9(11)7-15(20-13)22(19)16-8-10-12(18)4-2-6-14(10)21-16/h1-8H. The predicted octanol–water partition coefficient (Wildman–Crippen LogP) is 6.81. The van der Waals surface area contributed by atoms with Crippen molar-refractivity contribution in [2.75, 3.05) is 0 Å². The van der Waals surface area contributed by atoms with Crippen LogP contribution in [0.1, 0.15) is 0 Å². The molecule has 2 aromatic heterocycles. The molecular formula is C16H8Br2OS3. The summed E-state index contributed by atoms with van der Waals surface area (Å²) in [5, 5.41) is 2.25. The molecule has 0 saturated carbocycles. The van der Waals surface area contributed by atoms with Gasteiger partial charge >= 0.3 is 0 Å². The van der Waals surface area contributed by atoms with Crippen molar-refractivity contribution in [1.82, 2.24) is 0 Å². The Bertz CT molecular complexity index is 950. The van der Waals surface area contributed by atoms with Crippen LogP contribution in [0, 0.1) is 0 Å². The van der Waals surface area contributed by atoms with Crippen LogP contribution in [0.15, 0.2) is 65.9 Å². The van der Waals surface area contributed by atoms with E-state index < -0.39 is 10.8 Å². The van der Waals surface area contributed by atoms with Gasteiger partial charge in [-0.3, -0.25) is 0 Å². The van der Waals surface area contributed by atoms with Gasteiger partial charge in [0.2, 0.25) is 0 Å². The van der Waals surface area contributed by atoms with E-state index >= 15 is 0 Å². The first kappa shape index (κ1) is 15.0. The average molecular weight is 472 g/mol. The van der Waals surface area contributed by atoms with E-state index in [0.717, 1.165) is 37.5 Å². The molecule has 6 heteroatoms. The summed E-state index contributed by atoms with van der Waals surface area (Å²) < 4.78 is 19.1. The maximum atomic E-state index is 12.9. The minimum absolute atomic E-state index is 0.893. The molecule has 0 radical (unpaired) electrons. The van der Waals surface area contributed by atoms with Crippen LogP contribution in [0.2, 0.25) is 0 Å². The quantitative estimate of drug-likeness (QED) is 0.314. The largest absolute Gasteiger partial charge is 0.247 e. The molecule has 0 saturated heterocycles. The number of halogens is 2. The maximum absolute atomic E-state index is 12.9. The molecule has 0 atom stereocenters. The molecule has 0 aliphatic heterocycles. The summed E-state index contributed by atoms with van der Waals surface area (Å²) in [5.74, 6) is 0.